The highest BCUT2D eigenvalue weighted by Gasteiger charge is 2.34. The van der Waals surface area contributed by atoms with Gasteiger partial charge < -0.3 is 15.4 Å². The van der Waals surface area contributed by atoms with E-state index in [0.29, 0.717) is 24.5 Å². The van der Waals surface area contributed by atoms with Gasteiger partial charge in [0.2, 0.25) is 0 Å². The zero-order valence-electron chi connectivity index (χ0n) is 15.0. The molecule has 0 radical (unpaired) electrons. The maximum absolute atomic E-state index is 12.9. The lowest BCUT2D eigenvalue weighted by molar-refractivity contribution is 0.0789. The van der Waals surface area contributed by atoms with Crippen LogP contribution >= 0.6 is 0 Å². The highest BCUT2D eigenvalue weighted by Crippen LogP contribution is 2.29. The van der Waals surface area contributed by atoms with E-state index in [2.05, 4.69) is 15.2 Å². The summed E-state index contributed by atoms with van der Waals surface area (Å²) in [5, 5.41) is 6.66. The van der Waals surface area contributed by atoms with E-state index >= 15 is 0 Å². The molecule has 3 aromatic rings. The molecule has 0 bridgehead atoms. The van der Waals surface area contributed by atoms with Crippen molar-refractivity contribution in [1.29, 1.82) is 0 Å². The van der Waals surface area contributed by atoms with Crippen molar-refractivity contribution < 1.29 is 9.53 Å². The fraction of sp³-hybridized carbons (Fsp3) is 0.250. The van der Waals surface area contributed by atoms with Gasteiger partial charge in [0.05, 0.1) is 7.11 Å². The Bertz CT molecular complexity index is 907. The van der Waals surface area contributed by atoms with Crippen LogP contribution in [-0.2, 0) is 0 Å². The number of benzene rings is 2. The quantitative estimate of drug-likeness (QED) is 0.739. The Hall–Kier alpha value is -3.19. The van der Waals surface area contributed by atoms with Crippen LogP contribution in [0.5, 0.6) is 5.75 Å². The van der Waals surface area contributed by atoms with Gasteiger partial charge in [-0.25, -0.2) is 4.98 Å². The fourth-order valence-corrected chi connectivity index (χ4v) is 3.50. The number of aromatic amines is 1. The lowest BCUT2D eigenvalue weighted by Gasteiger charge is -2.17. The Labute approximate surface area is 157 Å². The third-order valence-electron chi connectivity index (χ3n) is 5.02. The molecule has 1 aromatic heterocycles. The Balaban J connectivity index is 1.47. The molecule has 1 saturated heterocycles. The summed E-state index contributed by atoms with van der Waals surface area (Å²) in [6.07, 6.45) is 1.46. The van der Waals surface area contributed by atoms with Crippen molar-refractivity contribution in [3.63, 3.8) is 0 Å². The van der Waals surface area contributed by atoms with E-state index in [0.717, 1.165) is 16.9 Å². The van der Waals surface area contributed by atoms with Gasteiger partial charge in [-0.15, -0.1) is 0 Å². The molecule has 1 amide bonds. The fourth-order valence-electron chi connectivity index (χ4n) is 3.50. The summed E-state index contributed by atoms with van der Waals surface area (Å²) in [6, 6.07) is 15.2. The SMILES string of the molecule is COc1ccc([C@H]2CN(C(=O)c3ccc(-c4ncn[nH]4)cc3)C[C@@H]2N)cc1. The first-order chi connectivity index (χ1) is 13.2. The molecule has 27 heavy (non-hydrogen) atoms. The van der Waals surface area contributed by atoms with Crippen LogP contribution in [0.2, 0.25) is 0 Å². The topological polar surface area (TPSA) is 97.1 Å². The van der Waals surface area contributed by atoms with Gasteiger partial charge in [0, 0.05) is 36.2 Å². The summed E-state index contributed by atoms with van der Waals surface area (Å²) >= 11 is 0. The molecule has 1 aliphatic rings. The number of nitrogens with zero attached hydrogens (tertiary/aromatic N) is 3. The van der Waals surface area contributed by atoms with E-state index in [1.54, 1.807) is 7.11 Å². The van der Waals surface area contributed by atoms with Crippen LogP contribution in [-0.4, -0.2) is 52.2 Å². The second-order valence-electron chi connectivity index (χ2n) is 6.67. The van der Waals surface area contributed by atoms with Crippen LogP contribution in [0.4, 0.5) is 0 Å². The predicted molar refractivity (Wildman–Crippen MR) is 101 cm³/mol. The van der Waals surface area contributed by atoms with Gasteiger partial charge in [0.15, 0.2) is 5.82 Å². The number of ether oxygens (including phenoxy) is 1. The maximum atomic E-state index is 12.9. The van der Waals surface area contributed by atoms with Gasteiger partial charge in [-0.3, -0.25) is 9.89 Å². The Morgan fingerprint density at radius 1 is 1.15 bits per heavy atom. The number of nitrogens with one attached hydrogen (secondary N) is 1. The van der Waals surface area contributed by atoms with Crippen molar-refractivity contribution in [2.24, 2.45) is 5.73 Å². The standard InChI is InChI=1S/C20H21N5O2/c1-27-16-8-6-13(7-9-16)17-10-25(11-18(17)21)20(26)15-4-2-14(3-5-15)19-22-12-23-24-19/h2-9,12,17-18H,10-11,21H2,1H3,(H,22,23,24)/t17-,18+/m1/s1. The Morgan fingerprint density at radius 2 is 1.89 bits per heavy atom. The minimum absolute atomic E-state index is 0.00872. The molecule has 138 valence electrons. The summed E-state index contributed by atoms with van der Waals surface area (Å²) < 4.78 is 5.21. The highest BCUT2D eigenvalue weighted by molar-refractivity contribution is 5.95. The second kappa shape index (κ2) is 7.20. The zero-order valence-corrected chi connectivity index (χ0v) is 15.0. The average Bonchev–Trinajstić information content (AvgIpc) is 3.38. The van der Waals surface area contributed by atoms with E-state index in [4.69, 9.17) is 10.5 Å². The second-order valence-corrected chi connectivity index (χ2v) is 6.67. The molecular weight excluding hydrogens is 342 g/mol. The number of rotatable bonds is 4. The van der Waals surface area contributed by atoms with Crippen molar-refractivity contribution in [2.75, 3.05) is 20.2 Å². The molecule has 7 nitrogen and oxygen atoms in total. The van der Waals surface area contributed by atoms with Crippen LogP contribution in [0.15, 0.2) is 54.9 Å². The number of aromatic nitrogens is 3. The van der Waals surface area contributed by atoms with E-state index in [1.807, 2.05) is 53.4 Å². The maximum Gasteiger partial charge on any atom is 0.253 e. The summed E-state index contributed by atoms with van der Waals surface area (Å²) in [6.45, 7) is 1.15. The molecular formula is C20H21N5O2. The average molecular weight is 363 g/mol. The molecule has 0 saturated carbocycles. The number of likely N-dealkylation sites (tertiary alicyclic amines) is 1. The van der Waals surface area contributed by atoms with Gasteiger partial charge >= 0.3 is 0 Å². The lowest BCUT2D eigenvalue weighted by Crippen LogP contribution is -2.32. The third-order valence-corrected chi connectivity index (χ3v) is 5.02. The summed E-state index contributed by atoms with van der Waals surface area (Å²) in [5.41, 5.74) is 8.98. The lowest BCUT2D eigenvalue weighted by atomic mass is 9.95. The molecule has 7 heteroatoms. The van der Waals surface area contributed by atoms with E-state index in [1.165, 1.54) is 6.33 Å². The molecule has 1 aliphatic heterocycles. The predicted octanol–water partition coefficient (Wildman–Crippen LogP) is 2.05. The van der Waals surface area contributed by atoms with Gasteiger partial charge in [0.1, 0.15) is 12.1 Å². The van der Waals surface area contributed by atoms with Crippen LogP contribution < -0.4 is 10.5 Å². The Kier molecular flexibility index (Phi) is 4.60. The number of nitrogens with two attached hydrogens (primary N) is 1. The van der Waals surface area contributed by atoms with Crippen molar-refractivity contribution in [1.82, 2.24) is 20.1 Å². The van der Waals surface area contributed by atoms with Crippen molar-refractivity contribution >= 4 is 5.91 Å². The summed E-state index contributed by atoms with van der Waals surface area (Å²) in [4.78, 5) is 18.8. The molecule has 2 heterocycles. The van der Waals surface area contributed by atoms with Gasteiger partial charge in [-0.2, -0.15) is 5.10 Å². The molecule has 0 unspecified atom stereocenters. The first kappa shape index (κ1) is 17.2. The number of carbonyl (C=O) groups excluding carboxylic acids is 1. The molecule has 3 N–H and O–H groups in total. The molecule has 4 rings (SSSR count). The number of carbonyl (C=O) groups is 1. The molecule has 2 atom stereocenters. The first-order valence-corrected chi connectivity index (χ1v) is 8.80. The van der Waals surface area contributed by atoms with E-state index < -0.39 is 0 Å². The van der Waals surface area contributed by atoms with Crippen LogP contribution in [0, 0.1) is 0 Å². The van der Waals surface area contributed by atoms with Gasteiger partial charge in [0.25, 0.3) is 5.91 Å². The van der Waals surface area contributed by atoms with E-state index in [-0.39, 0.29) is 17.9 Å². The molecule has 0 aliphatic carbocycles. The van der Waals surface area contributed by atoms with Crippen molar-refractivity contribution in [3.8, 4) is 17.1 Å². The van der Waals surface area contributed by atoms with Gasteiger partial charge in [-0.05, 0) is 29.8 Å². The zero-order chi connectivity index (χ0) is 18.8. The number of hydrogen-bond donors (Lipinski definition) is 2. The number of hydrogen-bond acceptors (Lipinski definition) is 5. The third kappa shape index (κ3) is 3.41. The van der Waals surface area contributed by atoms with Crippen LogP contribution in [0.3, 0.4) is 0 Å². The molecule has 0 spiro atoms. The normalized spacial score (nSPS) is 19.3. The summed E-state index contributed by atoms with van der Waals surface area (Å²) in [5.74, 6) is 1.60. The van der Waals surface area contributed by atoms with Crippen molar-refractivity contribution in [3.05, 3.63) is 66.0 Å². The van der Waals surface area contributed by atoms with Crippen LogP contribution in [0.25, 0.3) is 11.4 Å². The van der Waals surface area contributed by atoms with E-state index in [9.17, 15) is 4.79 Å². The Morgan fingerprint density at radius 3 is 2.52 bits per heavy atom. The first-order valence-electron chi connectivity index (χ1n) is 8.80. The van der Waals surface area contributed by atoms with Crippen molar-refractivity contribution in [2.45, 2.75) is 12.0 Å². The summed E-state index contributed by atoms with van der Waals surface area (Å²) in [7, 11) is 1.64. The number of amides is 1. The van der Waals surface area contributed by atoms with Gasteiger partial charge in [-0.1, -0.05) is 24.3 Å². The highest BCUT2D eigenvalue weighted by atomic mass is 16.5. The minimum Gasteiger partial charge on any atom is -0.497 e. The molecule has 1 fully saturated rings. The molecule has 2 aromatic carbocycles. The smallest absolute Gasteiger partial charge is 0.253 e. The minimum atomic E-state index is -0.0872. The number of methoxy groups -OCH3 is 1. The largest absolute Gasteiger partial charge is 0.497 e. The number of H-pyrrole nitrogens is 1. The monoisotopic (exact) mass is 363 g/mol. The van der Waals surface area contributed by atoms with Crippen LogP contribution in [0.1, 0.15) is 21.8 Å².